The van der Waals surface area contributed by atoms with E-state index in [1.165, 1.54) is 0 Å². The molecule has 4 aliphatic rings. The summed E-state index contributed by atoms with van der Waals surface area (Å²) in [7, 11) is 0. The Balaban J connectivity index is 1.72. The highest BCUT2D eigenvalue weighted by atomic mass is 16.5. The van der Waals surface area contributed by atoms with Crippen molar-refractivity contribution in [3.05, 3.63) is 53.6 Å². The molecule has 4 heterocycles. The summed E-state index contributed by atoms with van der Waals surface area (Å²) in [4.78, 5) is 49.0. The number of benzene rings is 1. The van der Waals surface area contributed by atoms with Crippen molar-refractivity contribution in [1.82, 2.24) is 9.80 Å². The molecule has 7 atom stereocenters. The molecule has 1 aromatic rings. The van der Waals surface area contributed by atoms with Crippen molar-refractivity contribution in [1.29, 1.82) is 0 Å². The second kappa shape index (κ2) is 11.0. The lowest BCUT2D eigenvalue weighted by Gasteiger charge is -2.42. The van der Waals surface area contributed by atoms with Crippen LogP contribution < -0.4 is 4.90 Å². The van der Waals surface area contributed by atoms with Crippen LogP contribution in [-0.2, 0) is 19.1 Å². The van der Waals surface area contributed by atoms with Crippen LogP contribution in [0.2, 0.25) is 0 Å². The van der Waals surface area contributed by atoms with Gasteiger partial charge in [-0.05, 0) is 49.8 Å². The first-order valence-corrected chi connectivity index (χ1v) is 15.3. The summed E-state index contributed by atoms with van der Waals surface area (Å²) in [5.41, 5.74) is 0.435. The fourth-order valence-electron chi connectivity index (χ4n) is 7.62. The summed E-state index contributed by atoms with van der Waals surface area (Å²) in [5, 5.41) is 10.7. The third kappa shape index (κ3) is 4.36. The first kappa shape index (κ1) is 29.5. The van der Waals surface area contributed by atoms with Gasteiger partial charge in [-0.15, -0.1) is 0 Å². The van der Waals surface area contributed by atoms with E-state index < -0.39 is 35.1 Å². The first-order chi connectivity index (χ1) is 19.6. The summed E-state index contributed by atoms with van der Waals surface area (Å²) in [6.45, 7) is 13.1. The van der Waals surface area contributed by atoms with Gasteiger partial charge in [0.15, 0.2) is 0 Å². The Morgan fingerprint density at radius 1 is 1.00 bits per heavy atom. The van der Waals surface area contributed by atoms with E-state index in [1.807, 2.05) is 88.9 Å². The molecule has 5 rings (SSSR count). The van der Waals surface area contributed by atoms with Gasteiger partial charge in [-0.1, -0.05) is 70.6 Å². The lowest BCUT2D eigenvalue weighted by atomic mass is 9.73. The second-order valence-corrected chi connectivity index (χ2v) is 12.3. The first-order valence-electron chi connectivity index (χ1n) is 15.3. The zero-order valence-electron chi connectivity index (χ0n) is 25.3. The van der Waals surface area contributed by atoms with Crippen molar-refractivity contribution in [3.63, 3.8) is 0 Å². The number of hydrogen-bond donors (Lipinski definition) is 1. The molecule has 0 aromatic heterocycles. The van der Waals surface area contributed by atoms with Crippen molar-refractivity contribution in [2.45, 2.75) is 84.1 Å². The van der Waals surface area contributed by atoms with Crippen LogP contribution in [0.3, 0.4) is 0 Å². The molecule has 2 saturated heterocycles. The SMILES string of the molecule is CCCN1CC=C[C@]2(CC)O[C@]34C=CCN(c5cc(C)ccc5C)C(=O)C3N([C@@H](CO)[C@@H](C)CC)C(=O)[C@@H]4[C@@H]2C1=O. The maximum absolute atomic E-state index is 14.8. The largest absolute Gasteiger partial charge is 0.394 e. The third-order valence-corrected chi connectivity index (χ3v) is 9.96. The maximum atomic E-state index is 14.8. The van der Waals surface area contributed by atoms with Crippen LogP contribution in [0, 0.1) is 31.6 Å². The molecule has 41 heavy (non-hydrogen) atoms. The molecule has 8 nitrogen and oxygen atoms in total. The Kier molecular flexibility index (Phi) is 7.94. The molecule has 1 unspecified atom stereocenters. The van der Waals surface area contributed by atoms with Crippen LogP contribution in [0.25, 0.3) is 0 Å². The zero-order chi connectivity index (χ0) is 29.7. The number of aliphatic hydroxyl groups is 1. The van der Waals surface area contributed by atoms with E-state index in [0.717, 1.165) is 29.7 Å². The number of anilines is 1. The van der Waals surface area contributed by atoms with Crippen molar-refractivity contribution in [2.24, 2.45) is 17.8 Å². The summed E-state index contributed by atoms with van der Waals surface area (Å²) in [5.74, 6) is -2.33. The third-order valence-electron chi connectivity index (χ3n) is 9.96. The van der Waals surface area contributed by atoms with E-state index >= 15 is 0 Å². The predicted octanol–water partition coefficient (Wildman–Crippen LogP) is 3.78. The van der Waals surface area contributed by atoms with Crippen molar-refractivity contribution in [2.75, 3.05) is 31.1 Å². The molecule has 4 aliphatic heterocycles. The van der Waals surface area contributed by atoms with Gasteiger partial charge in [0.25, 0.3) is 5.91 Å². The molecule has 8 heteroatoms. The fraction of sp³-hybridized carbons (Fsp3) is 0.606. The van der Waals surface area contributed by atoms with E-state index in [1.54, 1.807) is 9.80 Å². The number of aryl methyl sites for hydroxylation is 2. The molecule has 1 spiro atoms. The molecular weight excluding hydrogens is 518 g/mol. The van der Waals surface area contributed by atoms with Crippen LogP contribution in [0.1, 0.15) is 58.1 Å². The molecular formula is C33H45N3O5. The van der Waals surface area contributed by atoms with Gasteiger partial charge in [-0.3, -0.25) is 14.4 Å². The molecule has 222 valence electrons. The quantitative estimate of drug-likeness (QED) is 0.487. The minimum Gasteiger partial charge on any atom is -0.394 e. The number of rotatable bonds is 8. The van der Waals surface area contributed by atoms with Gasteiger partial charge in [0.2, 0.25) is 11.8 Å². The van der Waals surface area contributed by atoms with Crippen molar-refractivity contribution >= 4 is 23.4 Å². The Hall–Kier alpha value is -2.97. The van der Waals surface area contributed by atoms with E-state index in [2.05, 4.69) is 0 Å². The highest BCUT2D eigenvalue weighted by molar-refractivity contribution is 6.06. The van der Waals surface area contributed by atoms with Crippen LogP contribution in [0.15, 0.2) is 42.5 Å². The standard InChI is InChI=1S/C33H45N3O5/c1-7-16-34-17-10-14-32(9-3)26(29(34)38)27-30(39)36(25(20-37)22(5)8-2)28-31(40)35(18-11-15-33(27,28)41-32)24-19-21(4)12-13-23(24)6/h10-15,19,22,25-28,37H,7-9,16-18,20H2,1-6H3/t22-,25-,26+,27-,28?,32-,33-/m0/s1. The van der Waals surface area contributed by atoms with Gasteiger partial charge in [0.1, 0.15) is 11.6 Å². The second-order valence-electron chi connectivity index (χ2n) is 12.3. The van der Waals surface area contributed by atoms with Crippen molar-refractivity contribution in [3.8, 4) is 0 Å². The Labute approximate surface area is 244 Å². The number of likely N-dealkylation sites (tertiary alicyclic amines) is 1. The van der Waals surface area contributed by atoms with Crippen LogP contribution >= 0.6 is 0 Å². The van der Waals surface area contributed by atoms with Gasteiger partial charge < -0.3 is 24.5 Å². The Bertz CT molecular complexity index is 1280. The molecule has 1 aromatic carbocycles. The van der Waals surface area contributed by atoms with Crippen LogP contribution in [0.4, 0.5) is 5.69 Å². The van der Waals surface area contributed by atoms with Gasteiger partial charge in [-0.25, -0.2) is 0 Å². The lowest BCUT2D eigenvalue weighted by Crippen LogP contribution is -2.60. The van der Waals surface area contributed by atoms with Crippen molar-refractivity contribution < 1.29 is 24.2 Å². The predicted molar refractivity (Wildman–Crippen MR) is 158 cm³/mol. The maximum Gasteiger partial charge on any atom is 0.253 e. The number of hydrogen-bond acceptors (Lipinski definition) is 5. The Morgan fingerprint density at radius 2 is 1.73 bits per heavy atom. The van der Waals surface area contributed by atoms with E-state index in [9.17, 15) is 19.5 Å². The average molecular weight is 564 g/mol. The zero-order valence-corrected chi connectivity index (χ0v) is 25.3. The highest BCUT2D eigenvalue weighted by Crippen LogP contribution is 2.59. The molecule has 0 radical (unpaired) electrons. The van der Waals surface area contributed by atoms with Crippen LogP contribution in [-0.4, -0.2) is 82.2 Å². The van der Waals surface area contributed by atoms with Gasteiger partial charge in [-0.2, -0.15) is 0 Å². The highest BCUT2D eigenvalue weighted by Gasteiger charge is 2.76. The molecule has 0 bridgehead atoms. The minimum atomic E-state index is -1.34. The number of amides is 3. The van der Waals surface area contributed by atoms with E-state index in [0.29, 0.717) is 26.1 Å². The smallest absolute Gasteiger partial charge is 0.253 e. The van der Waals surface area contributed by atoms with E-state index in [4.69, 9.17) is 4.74 Å². The molecule has 3 amide bonds. The lowest BCUT2D eigenvalue weighted by molar-refractivity contribution is -0.153. The minimum absolute atomic E-state index is 0.0636. The summed E-state index contributed by atoms with van der Waals surface area (Å²) < 4.78 is 7.08. The van der Waals surface area contributed by atoms with Gasteiger partial charge in [0.05, 0.1) is 30.1 Å². The molecule has 0 saturated carbocycles. The number of aliphatic hydroxyl groups excluding tert-OH is 1. The van der Waals surface area contributed by atoms with Crippen LogP contribution in [0.5, 0.6) is 0 Å². The van der Waals surface area contributed by atoms with Gasteiger partial charge >= 0.3 is 0 Å². The topological polar surface area (TPSA) is 90.4 Å². The number of nitrogens with zero attached hydrogens (tertiary/aromatic N) is 3. The van der Waals surface area contributed by atoms with E-state index in [-0.39, 0.29) is 30.2 Å². The summed E-state index contributed by atoms with van der Waals surface area (Å²) in [6.07, 6.45) is 9.78. The number of carbonyl (C=O) groups excluding carboxylic acids is 3. The number of ether oxygens (including phenoxy) is 1. The summed E-state index contributed by atoms with van der Waals surface area (Å²) in [6, 6.07) is 4.42. The van der Waals surface area contributed by atoms with Gasteiger partial charge in [0, 0.05) is 25.3 Å². The molecule has 2 fully saturated rings. The normalized spacial score (nSPS) is 32.5. The summed E-state index contributed by atoms with van der Waals surface area (Å²) >= 11 is 0. The Morgan fingerprint density at radius 3 is 2.39 bits per heavy atom. The number of carbonyl (C=O) groups is 3. The average Bonchev–Trinajstić information content (AvgIpc) is 3.25. The fourth-order valence-corrected chi connectivity index (χ4v) is 7.62. The molecule has 1 N–H and O–H groups in total. The number of fused-ring (bicyclic) bond motifs is 2. The molecule has 0 aliphatic carbocycles. The monoisotopic (exact) mass is 563 g/mol.